The number of anilines is 2. The minimum Gasteiger partial charge on any atom is -0.482 e. The number of hydrogen-bond acceptors (Lipinski definition) is 4. The molecular weight excluding hydrogens is 358 g/mol. The smallest absolute Gasteiger partial charge is 0.319 e. The van der Waals surface area contributed by atoms with Gasteiger partial charge in [-0.15, -0.1) is 0 Å². The molecule has 3 aromatic rings. The van der Waals surface area contributed by atoms with Crippen molar-refractivity contribution in [2.75, 3.05) is 17.2 Å². The molecule has 9 heteroatoms. The third-order valence-electron chi connectivity index (χ3n) is 3.77. The van der Waals surface area contributed by atoms with Crippen molar-refractivity contribution in [2.45, 2.75) is 6.54 Å². The lowest BCUT2D eigenvalue weighted by Gasteiger charge is -2.18. The van der Waals surface area contributed by atoms with Crippen LogP contribution in [0.3, 0.4) is 0 Å². The maximum Gasteiger partial charge on any atom is 0.319 e. The molecule has 0 saturated carbocycles. The van der Waals surface area contributed by atoms with Crippen LogP contribution in [0.1, 0.15) is 5.69 Å². The normalized spacial score (nSPS) is 12.9. The van der Waals surface area contributed by atoms with Crippen LogP contribution in [-0.2, 0) is 11.3 Å². The van der Waals surface area contributed by atoms with Crippen molar-refractivity contribution in [1.82, 2.24) is 14.7 Å². The number of benzene rings is 1. The first-order chi connectivity index (χ1) is 12.6. The predicted octanol–water partition coefficient (Wildman–Crippen LogP) is 2.64. The molecule has 3 heterocycles. The first kappa shape index (κ1) is 16.2. The molecule has 0 atom stereocenters. The van der Waals surface area contributed by atoms with Crippen LogP contribution in [-0.4, -0.2) is 27.9 Å². The number of ether oxygens (including phenoxy) is 1. The number of carbonyl (C=O) groups is 2. The average molecular weight is 372 g/mol. The van der Waals surface area contributed by atoms with Crippen molar-refractivity contribution in [3.05, 3.63) is 53.4 Å². The molecule has 0 unspecified atom stereocenters. The summed E-state index contributed by atoms with van der Waals surface area (Å²) in [7, 11) is 0. The molecule has 0 saturated heterocycles. The summed E-state index contributed by atoms with van der Waals surface area (Å²) >= 11 is 5.94. The zero-order valence-electron chi connectivity index (χ0n) is 13.5. The molecule has 2 aromatic heterocycles. The minimum atomic E-state index is -0.375. The van der Waals surface area contributed by atoms with E-state index in [4.69, 9.17) is 16.3 Å². The van der Waals surface area contributed by atoms with E-state index >= 15 is 0 Å². The summed E-state index contributed by atoms with van der Waals surface area (Å²) in [4.78, 5) is 27.7. The van der Waals surface area contributed by atoms with Crippen LogP contribution in [0.25, 0.3) is 5.65 Å². The molecule has 0 radical (unpaired) electrons. The predicted molar refractivity (Wildman–Crippen MR) is 96.6 cm³/mol. The SMILES string of the molecule is O=C1COc2cc(NC(=O)NCc3cn4cc(Cl)ccc4n3)ccc2N1. The number of amides is 3. The molecule has 132 valence electrons. The highest BCUT2D eigenvalue weighted by Gasteiger charge is 2.16. The number of aromatic nitrogens is 2. The number of nitrogens with one attached hydrogen (secondary N) is 3. The number of urea groups is 1. The first-order valence-corrected chi connectivity index (χ1v) is 8.19. The van der Waals surface area contributed by atoms with E-state index in [2.05, 4.69) is 20.9 Å². The Morgan fingerprint density at radius 2 is 2.19 bits per heavy atom. The monoisotopic (exact) mass is 371 g/mol. The van der Waals surface area contributed by atoms with E-state index in [1.54, 1.807) is 47.1 Å². The van der Waals surface area contributed by atoms with Crippen LogP contribution < -0.4 is 20.7 Å². The van der Waals surface area contributed by atoms with Gasteiger partial charge in [0.05, 0.1) is 22.9 Å². The molecule has 0 aliphatic carbocycles. The van der Waals surface area contributed by atoms with Gasteiger partial charge in [0.15, 0.2) is 6.61 Å². The lowest BCUT2D eigenvalue weighted by atomic mass is 10.2. The van der Waals surface area contributed by atoms with E-state index in [0.29, 0.717) is 27.8 Å². The van der Waals surface area contributed by atoms with Gasteiger partial charge >= 0.3 is 6.03 Å². The van der Waals surface area contributed by atoms with Crippen molar-refractivity contribution in [3.63, 3.8) is 0 Å². The molecule has 4 rings (SSSR count). The third kappa shape index (κ3) is 3.40. The Morgan fingerprint density at radius 3 is 3.08 bits per heavy atom. The number of pyridine rings is 1. The summed E-state index contributed by atoms with van der Waals surface area (Å²) in [6, 6.07) is 8.20. The number of halogens is 1. The van der Waals surface area contributed by atoms with Gasteiger partial charge in [0.1, 0.15) is 11.4 Å². The van der Waals surface area contributed by atoms with E-state index in [1.807, 2.05) is 0 Å². The second kappa shape index (κ2) is 6.57. The van der Waals surface area contributed by atoms with Gasteiger partial charge in [0.2, 0.25) is 0 Å². The van der Waals surface area contributed by atoms with E-state index in [-0.39, 0.29) is 25.1 Å². The van der Waals surface area contributed by atoms with Crippen LogP contribution in [0.15, 0.2) is 42.7 Å². The van der Waals surface area contributed by atoms with Crippen molar-refractivity contribution < 1.29 is 14.3 Å². The van der Waals surface area contributed by atoms with Gasteiger partial charge < -0.3 is 25.1 Å². The highest BCUT2D eigenvalue weighted by Crippen LogP contribution is 2.30. The summed E-state index contributed by atoms with van der Waals surface area (Å²) in [5, 5.41) is 8.76. The number of rotatable bonds is 3. The Hall–Kier alpha value is -3.26. The van der Waals surface area contributed by atoms with Gasteiger partial charge in [-0.3, -0.25) is 4.79 Å². The third-order valence-corrected chi connectivity index (χ3v) is 3.99. The highest BCUT2D eigenvalue weighted by atomic mass is 35.5. The largest absolute Gasteiger partial charge is 0.482 e. The summed E-state index contributed by atoms with van der Waals surface area (Å²) in [5.41, 5.74) is 2.59. The van der Waals surface area contributed by atoms with E-state index in [9.17, 15) is 9.59 Å². The van der Waals surface area contributed by atoms with Crippen LogP contribution in [0.2, 0.25) is 5.02 Å². The lowest BCUT2D eigenvalue weighted by molar-refractivity contribution is -0.118. The maximum absolute atomic E-state index is 12.1. The highest BCUT2D eigenvalue weighted by molar-refractivity contribution is 6.30. The molecule has 0 fully saturated rings. The average Bonchev–Trinajstić information content (AvgIpc) is 3.02. The van der Waals surface area contributed by atoms with Gasteiger partial charge in [-0.2, -0.15) is 0 Å². The van der Waals surface area contributed by atoms with Gasteiger partial charge in [0, 0.05) is 24.1 Å². The number of hydrogen-bond donors (Lipinski definition) is 3. The van der Waals surface area contributed by atoms with Crippen LogP contribution in [0, 0.1) is 0 Å². The van der Waals surface area contributed by atoms with Crippen LogP contribution in [0.4, 0.5) is 16.2 Å². The molecule has 26 heavy (non-hydrogen) atoms. The second-order valence-corrected chi connectivity index (χ2v) is 6.14. The Labute approximate surface area is 153 Å². The molecule has 0 spiro atoms. The first-order valence-electron chi connectivity index (χ1n) is 7.81. The Balaban J connectivity index is 1.38. The number of nitrogens with zero attached hydrogens (tertiary/aromatic N) is 2. The van der Waals surface area contributed by atoms with Crippen molar-refractivity contribution in [3.8, 4) is 5.75 Å². The van der Waals surface area contributed by atoms with Crippen LogP contribution in [0.5, 0.6) is 5.75 Å². The number of imidazole rings is 1. The molecule has 1 aromatic carbocycles. The Bertz CT molecular complexity index is 1020. The fourth-order valence-corrected chi connectivity index (χ4v) is 2.77. The van der Waals surface area contributed by atoms with Gasteiger partial charge in [-0.05, 0) is 24.3 Å². The Morgan fingerprint density at radius 1 is 1.31 bits per heavy atom. The Kier molecular flexibility index (Phi) is 4.10. The van der Waals surface area contributed by atoms with Gasteiger partial charge in [-0.1, -0.05) is 11.6 Å². The van der Waals surface area contributed by atoms with E-state index < -0.39 is 0 Å². The maximum atomic E-state index is 12.1. The topological polar surface area (TPSA) is 96.8 Å². The van der Waals surface area contributed by atoms with Gasteiger partial charge in [-0.25, -0.2) is 9.78 Å². The summed E-state index contributed by atoms with van der Waals surface area (Å²) in [6.45, 7) is 0.225. The van der Waals surface area contributed by atoms with Crippen molar-refractivity contribution in [2.24, 2.45) is 0 Å². The van der Waals surface area contributed by atoms with Crippen LogP contribution >= 0.6 is 11.6 Å². The zero-order chi connectivity index (χ0) is 18.1. The van der Waals surface area contributed by atoms with Gasteiger partial charge in [0.25, 0.3) is 5.91 Å². The number of fused-ring (bicyclic) bond motifs is 2. The quantitative estimate of drug-likeness (QED) is 0.659. The summed E-state index contributed by atoms with van der Waals surface area (Å²) < 4.78 is 7.12. The molecule has 0 bridgehead atoms. The second-order valence-electron chi connectivity index (χ2n) is 5.70. The molecule has 3 N–H and O–H groups in total. The summed E-state index contributed by atoms with van der Waals surface area (Å²) in [6.07, 6.45) is 3.55. The fourth-order valence-electron chi connectivity index (χ4n) is 2.60. The molecule has 3 amide bonds. The minimum absolute atomic E-state index is 0.0411. The van der Waals surface area contributed by atoms with E-state index in [1.165, 1.54) is 0 Å². The fraction of sp³-hybridized carbons (Fsp3) is 0.118. The van der Waals surface area contributed by atoms with Crippen molar-refractivity contribution in [1.29, 1.82) is 0 Å². The van der Waals surface area contributed by atoms with E-state index in [0.717, 1.165) is 5.65 Å². The molecule has 8 nitrogen and oxygen atoms in total. The molecule has 1 aliphatic heterocycles. The summed E-state index contributed by atoms with van der Waals surface area (Å²) in [5.74, 6) is 0.310. The molecular formula is C17H14ClN5O3. The number of carbonyl (C=O) groups excluding carboxylic acids is 2. The van der Waals surface area contributed by atoms with Crippen molar-refractivity contribution >= 4 is 40.6 Å². The lowest BCUT2D eigenvalue weighted by Crippen LogP contribution is -2.29. The zero-order valence-corrected chi connectivity index (χ0v) is 14.2. The standard InChI is InChI=1S/C17H14ClN5O3/c18-10-1-4-15-20-12(8-23(15)7-10)6-19-17(25)21-11-2-3-13-14(5-11)26-9-16(24)22-13/h1-5,7-8H,6,9H2,(H,22,24)(H2,19,21,25). The molecule has 1 aliphatic rings.